The Bertz CT molecular complexity index is 1140. The fourth-order valence-electron chi connectivity index (χ4n) is 6.55. The highest BCUT2D eigenvalue weighted by Crippen LogP contribution is 2.24. The molecule has 328 valence electrons. The van der Waals surface area contributed by atoms with Crippen LogP contribution in [-0.2, 0) is 38.7 Å². The van der Waals surface area contributed by atoms with Gasteiger partial charge in [-0.3, -0.25) is 14.1 Å². The maximum atomic E-state index is 12.8. The molecule has 0 aliphatic carbocycles. The van der Waals surface area contributed by atoms with E-state index in [-0.39, 0.29) is 19.4 Å². The van der Waals surface area contributed by atoms with Gasteiger partial charge in [0.2, 0.25) is 0 Å². The van der Waals surface area contributed by atoms with Crippen molar-refractivity contribution in [1.82, 2.24) is 0 Å². The third-order valence-electron chi connectivity index (χ3n) is 10.0. The molecule has 56 heavy (non-hydrogen) atoms. The summed E-state index contributed by atoms with van der Waals surface area (Å²) in [4.78, 5) is 25.3. The van der Waals surface area contributed by atoms with Gasteiger partial charge in [-0.2, -0.15) is 8.42 Å². The van der Waals surface area contributed by atoms with Crippen LogP contribution >= 0.6 is 0 Å². The number of rotatable bonds is 36. The average molecular weight is 819 g/mol. The highest BCUT2D eigenvalue weighted by atomic mass is 32.2. The predicted molar refractivity (Wildman–Crippen MR) is 220 cm³/mol. The first-order chi connectivity index (χ1) is 27.0. The largest absolute Gasteiger partial charge is 0.462 e. The number of ether oxygens (including phenoxy) is 4. The van der Waals surface area contributed by atoms with E-state index in [4.69, 9.17) is 18.9 Å². The van der Waals surface area contributed by atoms with Crippen LogP contribution in [-0.4, -0.2) is 96.0 Å². The molecule has 0 aromatic carbocycles. The normalized spacial score (nSPS) is 20.9. The molecule has 1 aliphatic heterocycles. The van der Waals surface area contributed by atoms with E-state index in [0.717, 1.165) is 77.0 Å². The molecule has 2 unspecified atom stereocenters. The van der Waals surface area contributed by atoms with Gasteiger partial charge >= 0.3 is 11.9 Å². The summed E-state index contributed by atoms with van der Waals surface area (Å²) in [5, 5.41) is 30.8. The van der Waals surface area contributed by atoms with E-state index in [2.05, 4.69) is 38.2 Å². The van der Waals surface area contributed by atoms with Gasteiger partial charge in [-0.25, -0.2) is 0 Å². The third-order valence-corrected chi connectivity index (χ3v) is 10.8. The molecule has 12 nitrogen and oxygen atoms in total. The third kappa shape index (κ3) is 28.5. The molecule has 1 heterocycles. The molecule has 0 amide bonds. The number of carbonyl (C=O) groups is 2. The quantitative estimate of drug-likeness (QED) is 0.0205. The van der Waals surface area contributed by atoms with Crippen LogP contribution in [0.15, 0.2) is 24.3 Å². The molecule has 4 N–H and O–H groups in total. The van der Waals surface area contributed by atoms with Crippen molar-refractivity contribution in [2.24, 2.45) is 0 Å². The fraction of sp³-hybridized carbons (Fsp3) is 0.860. The number of hydrogen-bond donors (Lipinski definition) is 4. The lowest BCUT2D eigenvalue weighted by Crippen LogP contribution is -2.60. The summed E-state index contributed by atoms with van der Waals surface area (Å²) >= 11 is 0. The zero-order valence-electron chi connectivity index (χ0n) is 34.7. The van der Waals surface area contributed by atoms with Crippen molar-refractivity contribution in [3.05, 3.63) is 24.3 Å². The molecular weight excluding hydrogens is 741 g/mol. The van der Waals surface area contributed by atoms with Crippen molar-refractivity contribution in [3.63, 3.8) is 0 Å². The Hall–Kier alpha value is -1.87. The van der Waals surface area contributed by atoms with Crippen molar-refractivity contribution < 1.29 is 56.8 Å². The van der Waals surface area contributed by atoms with Crippen LogP contribution in [0.5, 0.6) is 0 Å². The molecule has 1 rings (SSSR count). The van der Waals surface area contributed by atoms with E-state index in [1.807, 2.05) is 0 Å². The van der Waals surface area contributed by atoms with E-state index in [1.165, 1.54) is 64.2 Å². The van der Waals surface area contributed by atoms with Crippen molar-refractivity contribution in [2.45, 2.75) is 218 Å². The van der Waals surface area contributed by atoms with Gasteiger partial charge < -0.3 is 34.3 Å². The smallest absolute Gasteiger partial charge is 0.306 e. The Kier molecular flexibility index (Phi) is 31.7. The minimum Gasteiger partial charge on any atom is -0.462 e. The van der Waals surface area contributed by atoms with Crippen molar-refractivity contribution >= 4 is 22.1 Å². The predicted octanol–water partition coefficient (Wildman–Crippen LogP) is 8.45. The first-order valence-electron chi connectivity index (χ1n) is 21.9. The van der Waals surface area contributed by atoms with Gasteiger partial charge in [-0.05, 0) is 64.2 Å². The standard InChI is InChI=1S/C43H78O12S/c1-3-5-7-9-11-13-15-17-18-20-21-23-25-27-29-31-38(44)52-33-36(34-53-43-42(48)41(47)40(46)37(55-43)35-56(49,50)51)54-39(45)32-30-28-26-24-22-19-16-14-12-10-8-6-4-2/h14,16-18,36-37,40-43,46-48H,3-13,15,19-35H2,1-2H3,(H,49,50,51)/b16-14+,18-17+/t36-,37-,40-,41?,42?,43+/m1/s1. The van der Waals surface area contributed by atoms with E-state index >= 15 is 0 Å². The summed E-state index contributed by atoms with van der Waals surface area (Å²) in [6.45, 7) is 3.72. The van der Waals surface area contributed by atoms with Gasteiger partial charge in [-0.1, -0.05) is 128 Å². The van der Waals surface area contributed by atoms with Crippen LogP contribution in [0.2, 0.25) is 0 Å². The van der Waals surface area contributed by atoms with Gasteiger partial charge in [0.1, 0.15) is 36.8 Å². The number of carbonyl (C=O) groups excluding carboxylic acids is 2. The molecule has 0 bridgehead atoms. The zero-order valence-corrected chi connectivity index (χ0v) is 35.6. The van der Waals surface area contributed by atoms with Crippen LogP contribution < -0.4 is 0 Å². The molecule has 6 atom stereocenters. The fourth-order valence-corrected chi connectivity index (χ4v) is 7.24. The summed E-state index contributed by atoms with van der Waals surface area (Å²) in [5.41, 5.74) is 0. The van der Waals surface area contributed by atoms with Crippen LogP contribution in [0.25, 0.3) is 0 Å². The van der Waals surface area contributed by atoms with Gasteiger partial charge in [0.25, 0.3) is 10.1 Å². The number of esters is 2. The molecule has 0 radical (unpaired) electrons. The second kappa shape index (κ2) is 34.0. The molecule has 0 saturated carbocycles. The van der Waals surface area contributed by atoms with E-state index < -0.39 is 71.2 Å². The zero-order chi connectivity index (χ0) is 41.3. The minimum absolute atomic E-state index is 0.154. The van der Waals surface area contributed by atoms with Crippen molar-refractivity contribution in [1.29, 1.82) is 0 Å². The van der Waals surface area contributed by atoms with Crippen molar-refractivity contribution in [2.75, 3.05) is 19.0 Å². The van der Waals surface area contributed by atoms with E-state index in [1.54, 1.807) is 0 Å². The second-order valence-corrected chi connectivity index (χ2v) is 16.9. The van der Waals surface area contributed by atoms with Gasteiger partial charge in [0.15, 0.2) is 12.4 Å². The number of unbranched alkanes of at least 4 members (excludes halogenated alkanes) is 20. The molecule has 0 spiro atoms. The van der Waals surface area contributed by atoms with Crippen LogP contribution in [0.4, 0.5) is 0 Å². The van der Waals surface area contributed by atoms with Crippen molar-refractivity contribution in [3.8, 4) is 0 Å². The molecule has 1 aliphatic rings. The molecular formula is C43H78O12S. The summed E-state index contributed by atoms with van der Waals surface area (Å²) < 4.78 is 54.0. The Morgan fingerprint density at radius 3 is 1.50 bits per heavy atom. The lowest BCUT2D eigenvalue weighted by molar-refractivity contribution is -0.297. The molecule has 0 aromatic rings. The highest BCUT2D eigenvalue weighted by molar-refractivity contribution is 7.85. The maximum absolute atomic E-state index is 12.8. The minimum atomic E-state index is -4.60. The number of aliphatic hydroxyl groups is 3. The molecule has 1 fully saturated rings. The first-order valence-corrected chi connectivity index (χ1v) is 23.5. The lowest BCUT2D eigenvalue weighted by atomic mass is 10.00. The second-order valence-electron chi connectivity index (χ2n) is 15.4. The molecule has 0 aromatic heterocycles. The van der Waals surface area contributed by atoms with Crippen LogP contribution in [0, 0.1) is 0 Å². The lowest BCUT2D eigenvalue weighted by Gasteiger charge is -2.40. The molecule has 13 heteroatoms. The monoisotopic (exact) mass is 819 g/mol. The summed E-state index contributed by atoms with van der Waals surface area (Å²) in [5.74, 6) is -2.00. The summed E-state index contributed by atoms with van der Waals surface area (Å²) in [6, 6.07) is 0. The number of allylic oxidation sites excluding steroid dienone is 4. The number of hydrogen-bond acceptors (Lipinski definition) is 11. The van der Waals surface area contributed by atoms with Gasteiger partial charge in [0.05, 0.1) is 6.61 Å². The number of aliphatic hydroxyl groups excluding tert-OH is 3. The summed E-state index contributed by atoms with van der Waals surface area (Å²) in [6.07, 6.45) is 26.5. The van der Waals surface area contributed by atoms with E-state index in [0.29, 0.717) is 12.8 Å². The maximum Gasteiger partial charge on any atom is 0.306 e. The van der Waals surface area contributed by atoms with Crippen LogP contribution in [0.3, 0.4) is 0 Å². The van der Waals surface area contributed by atoms with Gasteiger partial charge in [0, 0.05) is 12.8 Å². The summed E-state index contributed by atoms with van der Waals surface area (Å²) in [7, 11) is -4.60. The van der Waals surface area contributed by atoms with Gasteiger partial charge in [-0.15, -0.1) is 0 Å². The molecule has 1 saturated heterocycles. The Labute approximate surface area is 338 Å². The SMILES string of the molecule is CCCCCC/C=C/CCCCCCCC(=O)O[C@H](COC(=O)CCCCCCC/C=C/CCCCCCCC)CO[C@H]1O[C@H](CS(=O)(=O)O)[C@@H](O)C(O)C1O. The topological polar surface area (TPSA) is 186 Å². The van der Waals surface area contributed by atoms with E-state index in [9.17, 15) is 37.9 Å². The Morgan fingerprint density at radius 1 is 0.589 bits per heavy atom. The first kappa shape index (κ1) is 52.1. The highest BCUT2D eigenvalue weighted by Gasteiger charge is 2.46. The Morgan fingerprint density at radius 2 is 1.02 bits per heavy atom. The Balaban J connectivity index is 2.47. The van der Waals surface area contributed by atoms with Crippen LogP contribution in [0.1, 0.15) is 181 Å². The average Bonchev–Trinajstić information content (AvgIpc) is 3.16.